The molecule has 20 heavy (non-hydrogen) atoms. The van der Waals surface area contributed by atoms with Gasteiger partial charge in [-0.2, -0.15) is 10.2 Å². The number of nitrogens with one attached hydrogen (secondary N) is 2. The first-order valence-electron chi connectivity index (χ1n) is 6.64. The SMILES string of the molecule is CN(Cc1cn[nH]c1C(=O)O)Cc1n[nH]c2c1CCC2. The quantitative estimate of drug-likeness (QED) is 0.754. The van der Waals surface area contributed by atoms with Crippen molar-refractivity contribution in [2.45, 2.75) is 32.4 Å². The summed E-state index contributed by atoms with van der Waals surface area (Å²) >= 11 is 0. The molecule has 0 atom stereocenters. The van der Waals surface area contributed by atoms with Gasteiger partial charge in [0.15, 0.2) is 0 Å². The molecule has 0 aliphatic heterocycles. The van der Waals surface area contributed by atoms with E-state index in [9.17, 15) is 4.79 Å². The van der Waals surface area contributed by atoms with Crippen molar-refractivity contribution in [3.63, 3.8) is 0 Å². The molecule has 0 saturated heterocycles. The summed E-state index contributed by atoms with van der Waals surface area (Å²) in [4.78, 5) is 13.1. The Labute approximate surface area is 116 Å². The number of aromatic nitrogens is 4. The van der Waals surface area contributed by atoms with E-state index < -0.39 is 5.97 Å². The van der Waals surface area contributed by atoms with Crippen molar-refractivity contribution in [1.29, 1.82) is 0 Å². The average Bonchev–Trinajstić information content (AvgIpc) is 3.06. The Bertz CT molecular complexity index is 630. The highest BCUT2D eigenvalue weighted by Crippen LogP contribution is 2.23. The van der Waals surface area contributed by atoms with Crippen molar-refractivity contribution in [2.24, 2.45) is 0 Å². The van der Waals surface area contributed by atoms with Gasteiger partial charge in [0.25, 0.3) is 0 Å². The van der Waals surface area contributed by atoms with E-state index in [1.165, 1.54) is 17.7 Å². The van der Waals surface area contributed by atoms with Crippen LogP contribution in [0.25, 0.3) is 0 Å². The maximum Gasteiger partial charge on any atom is 0.354 e. The van der Waals surface area contributed by atoms with Crippen molar-refractivity contribution in [1.82, 2.24) is 25.3 Å². The molecule has 7 nitrogen and oxygen atoms in total. The van der Waals surface area contributed by atoms with Crippen molar-refractivity contribution >= 4 is 5.97 Å². The van der Waals surface area contributed by atoms with Crippen molar-refractivity contribution in [3.05, 3.63) is 34.4 Å². The molecule has 0 saturated carbocycles. The fraction of sp³-hybridized carbons (Fsp3) is 0.462. The molecule has 0 radical (unpaired) electrons. The number of nitrogens with zero attached hydrogens (tertiary/aromatic N) is 3. The smallest absolute Gasteiger partial charge is 0.354 e. The number of aromatic amines is 2. The van der Waals surface area contributed by atoms with Crippen LogP contribution in [0, 0.1) is 0 Å². The number of hydrogen-bond donors (Lipinski definition) is 3. The highest BCUT2D eigenvalue weighted by atomic mass is 16.4. The van der Waals surface area contributed by atoms with Crippen LogP contribution in [0.15, 0.2) is 6.20 Å². The van der Waals surface area contributed by atoms with Crippen LogP contribution < -0.4 is 0 Å². The number of carboxylic acids is 1. The molecule has 0 amide bonds. The zero-order valence-corrected chi connectivity index (χ0v) is 11.3. The van der Waals surface area contributed by atoms with Crippen LogP contribution in [0.4, 0.5) is 0 Å². The summed E-state index contributed by atoms with van der Waals surface area (Å²) in [5, 5.41) is 22.8. The van der Waals surface area contributed by atoms with Gasteiger partial charge in [0.1, 0.15) is 5.69 Å². The molecule has 1 aliphatic rings. The Morgan fingerprint density at radius 3 is 3.05 bits per heavy atom. The Balaban J connectivity index is 1.69. The summed E-state index contributed by atoms with van der Waals surface area (Å²) in [5.74, 6) is -0.980. The molecule has 2 aromatic rings. The highest BCUT2D eigenvalue weighted by Gasteiger charge is 2.20. The number of aryl methyl sites for hydroxylation is 1. The Morgan fingerprint density at radius 2 is 2.25 bits per heavy atom. The van der Waals surface area contributed by atoms with Crippen LogP contribution in [-0.2, 0) is 25.9 Å². The molecule has 0 spiro atoms. The highest BCUT2D eigenvalue weighted by molar-refractivity contribution is 5.86. The van der Waals surface area contributed by atoms with Gasteiger partial charge in [0.2, 0.25) is 0 Å². The summed E-state index contributed by atoms with van der Waals surface area (Å²) in [6, 6.07) is 0. The molecule has 0 unspecified atom stereocenters. The van der Waals surface area contributed by atoms with Gasteiger partial charge in [-0.05, 0) is 31.9 Å². The third-order valence-corrected chi connectivity index (χ3v) is 3.68. The standard InChI is InChI=1S/C13H17N5O2/c1-18(6-8-5-14-17-12(8)13(19)20)7-11-9-3-2-4-10(9)15-16-11/h5H,2-4,6-7H2,1H3,(H,14,17)(H,15,16)(H,19,20). The maximum absolute atomic E-state index is 11.0. The lowest BCUT2D eigenvalue weighted by atomic mass is 10.2. The van der Waals surface area contributed by atoms with Crippen LogP contribution in [0.2, 0.25) is 0 Å². The molecular formula is C13H17N5O2. The number of aromatic carboxylic acids is 1. The van der Waals surface area contributed by atoms with E-state index in [0.717, 1.165) is 18.5 Å². The predicted molar refractivity (Wildman–Crippen MR) is 71.3 cm³/mol. The fourth-order valence-corrected chi connectivity index (χ4v) is 2.74. The average molecular weight is 275 g/mol. The topological polar surface area (TPSA) is 97.9 Å². The van der Waals surface area contributed by atoms with Gasteiger partial charge in [-0.15, -0.1) is 0 Å². The van der Waals surface area contributed by atoms with E-state index in [-0.39, 0.29) is 5.69 Å². The molecule has 3 rings (SSSR count). The second-order valence-electron chi connectivity index (χ2n) is 5.23. The molecule has 2 heterocycles. The molecular weight excluding hydrogens is 258 g/mol. The van der Waals surface area contributed by atoms with Crippen LogP contribution in [0.1, 0.15) is 39.4 Å². The van der Waals surface area contributed by atoms with E-state index in [1.54, 1.807) is 6.20 Å². The summed E-state index contributed by atoms with van der Waals surface area (Å²) in [7, 11) is 1.95. The van der Waals surface area contributed by atoms with Crippen molar-refractivity contribution < 1.29 is 9.90 Å². The first-order valence-corrected chi connectivity index (χ1v) is 6.64. The van der Waals surface area contributed by atoms with Crippen LogP contribution in [0.5, 0.6) is 0 Å². The number of rotatable bonds is 5. The van der Waals surface area contributed by atoms with Gasteiger partial charge in [-0.1, -0.05) is 0 Å². The van der Waals surface area contributed by atoms with Gasteiger partial charge in [-0.25, -0.2) is 4.79 Å². The minimum atomic E-state index is -0.980. The number of carbonyl (C=O) groups is 1. The monoisotopic (exact) mass is 275 g/mol. The molecule has 2 aromatic heterocycles. The van der Waals surface area contributed by atoms with Crippen molar-refractivity contribution in [2.75, 3.05) is 7.05 Å². The number of fused-ring (bicyclic) bond motifs is 1. The maximum atomic E-state index is 11.0. The lowest BCUT2D eigenvalue weighted by Crippen LogP contribution is -2.19. The number of H-pyrrole nitrogens is 2. The van der Waals surface area contributed by atoms with Crippen molar-refractivity contribution in [3.8, 4) is 0 Å². The van der Waals surface area contributed by atoms with E-state index >= 15 is 0 Å². The zero-order valence-electron chi connectivity index (χ0n) is 11.3. The molecule has 0 fully saturated rings. The first kappa shape index (κ1) is 12.9. The minimum absolute atomic E-state index is 0.157. The fourth-order valence-electron chi connectivity index (χ4n) is 2.74. The van der Waals surface area contributed by atoms with Crippen LogP contribution in [-0.4, -0.2) is 43.4 Å². The Kier molecular flexibility index (Phi) is 3.27. The Hall–Kier alpha value is -2.15. The third-order valence-electron chi connectivity index (χ3n) is 3.68. The summed E-state index contributed by atoms with van der Waals surface area (Å²) < 4.78 is 0. The Morgan fingerprint density at radius 1 is 1.40 bits per heavy atom. The summed E-state index contributed by atoms with van der Waals surface area (Å²) in [6.45, 7) is 1.23. The first-order chi connectivity index (χ1) is 9.65. The largest absolute Gasteiger partial charge is 0.477 e. The third kappa shape index (κ3) is 2.32. The lowest BCUT2D eigenvalue weighted by molar-refractivity contribution is 0.0688. The lowest BCUT2D eigenvalue weighted by Gasteiger charge is -2.15. The van der Waals surface area contributed by atoms with Gasteiger partial charge in [0, 0.05) is 24.3 Å². The van der Waals surface area contributed by atoms with Gasteiger partial charge < -0.3 is 5.11 Å². The molecule has 1 aliphatic carbocycles. The molecule has 3 N–H and O–H groups in total. The van der Waals surface area contributed by atoms with E-state index in [4.69, 9.17) is 5.11 Å². The molecule has 106 valence electrons. The summed E-state index contributed by atoms with van der Waals surface area (Å²) in [6.07, 6.45) is 4.91. The summed E-state index contributed by atoms with van der Waals surface area (Å²) in [5.41, 5.74) is 4.50. The molecule has 7 heteroatoms. The second-order valence-corrected chi connectivity index (χ2v) is 5.23. The van der Waals surface area contributed by atoms with Crippen LogP contribution in [0.3, 0.4) is 0 Å². The molecule has 0 bridgehead atoms. The zero-order chi connectivity index (χ0) is 14.1. The second kappa shape index (κ2) is 5.09. The number of hydrogen-bond acceptors (Lipinski definition) is 4. The van der Waals surface area contributed by atoms with Gasteiger partial charge >= 0.3 is 5.97 Å². The van der Waals surface area contributed by atoms with E-state index in [0.29, 0.717) is 18.7 Å². The van der Waals surface area contributed by atoms with E-state index in [1.807, 2.05) is 11.9 Å². The van der Waals surface area contributed by atoms with E-state index in [2.05, 4.69) is 20.4 Å². The molecule has 0 aromatic carbocycles. The number of carboxylic acid groups (broad SMARTS) is 1. The van der Waals surface area contributed by atoms with Crippen LogP contribution >= 0.6 is 0 Å². The predicted octanol–water partition coefficient (Wildman–Crippen LogP) is 0.952. The minimum Gasteiger partial charge on any atom is -0.477 e. The van der Waals surface area contributed by atoms with Gasteiger partial charge in [-0.3, -0.25) is 15.1 Å². The van der Waals surface area contributed by atoms with Gasteiger partial charge in [0.05, 0.1) is 11.9 Å². The normalized spacial score (nSPS) is 13.9.